The van der Waals surface area contributed by atoms with Crippen molar-refractivity contribution < 1.29 is 70.7 Å². The van der Waals surface area contributed by atoms with Gasteiger partial charge in [-0.15, -0.1) is 0 Å². The van der Waals surface area contributed by atoms with Crippen LogP contribution in [0, 0.1) is 24.7 Å². The van der Waals surface area contributed by atoms with Gasteiger partial charge in [0, 0.05) is 75.9 Å². The second kappa shape index (κ2) is 35.6. The van der Waals surface area contributed by atoms with Crippen molar-refractivity contribution in [3.63, 3.8) is 0 Å². The molecule has 3 aliphatic heterocycles. The lowest BCUT2D eigenvalue weighted by Gasteiger charge is -2.42. The third-order valence-electron chi connectivity index (χ3n) is 21.7. The first-order valence-electron chi connectivity index (χ1n) is 36.3. The van der Waals surface area contributed by atoms with Crippen molar-refractivity contribution in [2.75, 3.05) is 82.6 Å². The number of rotatable bonds is 11. The molecule has 2 saturated carbocycles. The minimum Gasteiger partial charge on any atom is -0.347 e. The first-order chi connectivity index (χ1) is 48.4. The van der Waals surface area contributed by atoms with E-state index in [9.17, 15) is 41.9 Å². The van der Waals surface area contributed by atoms with Crippen molar-refractivity contribution in [3.05, 3.63) is 81.4 Å². The van der Waals surface area contributed by atoms with E-state index in [-0.39, 0.29) is 75.9 Å². The second-order valence-electron chi connectivity index (χ2n) is 30.0. The molecule has 2 bridgehead atoms. The van der Waals surface area contributed by atoms with Gasteiger partial charge in [-0.1, -0.05) is 119 Å². The molecule has 568 valence electrons. The molecule has 0 unspecified atom stereocenters. The number of carbonyl (C=O) groups excluding carboxylic acids is 12. The van der Waals surface area contributed by atoms with Crippen molar-refractivity contribution in [2.45, 2.75) is 217 Å². The lowest BCUT2D eigenvalue weighted by molar-refractivity contribution is -0.156. The number of likely N-dealkylation sites (N-methyl/N-ethyl adjacent to an activating group) is 7. The van der Waals surface area contributed by atoms with Gasteiger partial charge in [0.15, 0.2) is 0 Å². The summed E-state index contributed by atoms with van der Waals surface area (Å²) in [5.74, 6) is -9.20. The highest BCUT2D eigenvalue weighted by atomic mass is 35.5. The van der Waals surface area contributed by atoms with Crippen LogP contribution in [0.4, 0.5) is 13.2 Å². The Hall–Kier alpha value is -8.10. The molecular weight excluding hydrogens is 1350 g/mol. The van der Waals surface area contributed by atoms with Gasteiger partial charge in [-0.25, -0.2) is 0 Å². The van der Waals surface area contributed by atoms with E-state index < -0.39 is 173 Å². The van der Waals surface area contributed by atoms with Crippen LogP contribution in [0.25, 0.3) is 0 Å². The highest BCUT2D eigenvalue weighted by molar-refractivity contribution is 6.31. The molecular formula is C75H108ClF3N12O12. The first-order valence-corrected chi connectivity index (χ1v) is 36.6. The van der Waals surface area contributed by atoms with E-state index in [1.807, 2.05) is 65.0 Å². The number of fused-ring (bicyclic) bond motifs is 3. The summed E-state index contributed by atoms with van der Waals surface area (Å²) in [6.07, 6.45) is 1.29. The Bertz CT molecular complexity index is 3490. The lowest BCUT2D eigenvalue weighted by atomic mass is 9.90. The number of benzene rings is 2. The van der Waals surface area contributed by atoms with Crippen LogP contribution in [-0.4, -0.2) is 251 Å². The predicted octanol–water partition coefficient (Wildman–Crippen LogP) is 6.17. The molecule has 2 saturated heterocycles. The van der Waals surface area contributed by atoms with Crippen LogP contribution >= 0.6 is 11.6 Å². The standard InChI is InChI=1S/C75H108ClF3N12O12/c1-15-48(6)63-71(101)85(10)44-62(94)87(12)57-39-47(5)22-20-36-91(70(57)100)59(41-50-28-26-46(4)27-29-50)69(99)84(9)43-60(92)80-54(33-31-49-30-32-52(53(76)40-49)75(77,78)79)67(97)90-37-21-25-55(90)66(96)82-74(34-18-19-35-74)73(103)89(14)64(51-23-16-17-24-51)72(102)88(13)58(68(98)83(7)8)42-61(93)86(11)56(38-45(2)3)65(95)81-63/h22,26-30,32,40,45,48,51,54-59,63-64H,15-21,23-25,31,33-39,41-44H2,1-14H3,(H,80,92)(H,81,95)(H,82,96)/b47-22-/t48-,54-,55-,56-,57-,58-,59-,63-,64-/m0/s1. The third kappa shape index (κ3) is 20.0. The first kappa shape index (κ1) is 82.2. The summed E-state index contributed by atoms with van der Waals surface area (Å²) in [5, 5.41) is 8.15. The van der Waals surface area contributed by atoms with E-state index in [1.165, 1.54) is 96.7 Å². The highest BCUT2D eigenvalue weighted by Gasteiger charge is 2.52. The van der Waals surface area contributed by atoms with Gasteiger partial charge < -0.3 is 60.0 Å². The number of hydrogen-bond donors (Lipinski definition) is 3. The van der Waals surface area contributed by atoms with E-state index in [0.717, 1.165) is 45.9 Å². The number of aryl methyl sites for hydroxylation is 2. The van der Waals surface area contributed by atoms with E-state index in [0.29, 0.717) is 50.5 Å². The smallest absolute Gasteiger partial charge is 0.347 e. The summed E-state index contributed by atoms with van der Waals surface area (Å²) in [5.41, 5.74) is -0.0348. The van der Waals surface area contributed by atoms with Crippen LogP contribution in [0.15, 0.2) is 54.1 Å². The topological polar surface area (TPSA) is 270 Å². The largest absolute Gasteiger partial charge is 0.417 e. The van der Waals surface area contributed by atoms with Crippen LogP contribution in [0.1, 0.15) is 160 Å². The number of hydrogen-bond acceptors (Lipinski definition) is 12. The van der Waals surface area contributed by atoms with Crippen LogP contribution < -0.4 is 16.0 Å². The Morgan fingerprint density at radius 3 is 1.89 bits per heavy atom. The molecule has 24 nitrogen and oxygen atoms in total. The molecule has 3 heterocycles. The number of nitrogens with one attached hydrogen (secondary N) is 3. The molecule has 0 radical (unpaired) electrons. The summed E-state index contributed by atoms with van der Waals surface area (Å²) in [6.45, 7) is 9.78. The van der Waals surface area contributed by atoms with E-state index in [2.05, 4.69) is 16.0 Å². The fraction of sp³-hybridized carbons (Fsp3) is 0.653. The van der Waals surface area contributed by atoms with Gasteiger partial charge in [-0.2, -0.15) is 13.2 Å². The van der Waals surface area contributed by atoms with Gasteiger partial charge in [0.1, 0.15) is 53.9 Å². The molecule has 103 heavy (non-hydrogen) atoms. The Morgan fingerprint density at radius 1 is 0.660 bits per heavy atom. The quantitative estimate of drug-likeness (QED) is 0.213. The molecule has 3 N–H and O–H groups in total. The fourth-order valence-electron chi connectivity index (χ4n) is 15.2. The van der Waals surface area contributed by atoms with Gasteiger partial charge in [0.05, 0.1) is 30.1 Å². The zero-order valence-corrected chi connectivity index (χ0v) is 63.2. The lowest BCUT2D eigenvalue weighted by Crippen LogP contribution is -2.65. The maximum atomic E-state index is 15.6. The third-order valence-corrected chi connectivity index (χ3v) is 22.0. The van der Waals surface area contributed by atoms with Crippen molar-refractivity contribution in [1.82, 2.24) is 60.0 Å². The van der Waals surface area contributed by atoms with Gasteiger partial charge in [-0.05, 0) is 125 Å². The molecule has 12 amide bonds. The van der Waals surface area contributed by atoms with Crippen LogP contribution in [-0.2, 0) is 76.6 Å². The van der Waals surface area contributed by atoms with Crippen molar-refractivity contribution in [2.24, 2.45) is 17.8 Å². The number of carbonyl (C=O) groups is 12. The SMILES string of the molecule is CC[C@H](C)[C@@H]1NC(=O)[C@H](CC(C)C)N(C)C(=O)C[C@@H](C(=O)N(C)C)N(C)C(=O)[C@H](C2CCCC2)N(C)C(=O)C2(CCCC2)NC(=O)[C@@H]2CCCN2C(=O)[C@H](CCc2ccc(C(F)(F)F)c(Cl)c2)NC(=O)CN(C)C(=O)[C@H](Cc2ccc(C)cc2)N2CC/C=C(/C)C[C@@H](C2=O)N(C)C(=O)CN(C)C1=O. The Morgan fingerprint density at radius 2 is 1.29 bits per heavy atom. The molecule has 4 fully saturated rings. The van der Waals surface area contributed by atoms with Gasteiger partial charge >= 0.3 is 6.18 Å². The van der Waals surface area contributed by atoms with Crippen molar-refractivity contribution in [3.8, 4) is 0 Å². The molecule has 2 aliphatic carbocycles. The predicted molar refractivity (Wildman–Crippen MR) is 382 cm³/mol. The van der Waals surface area contributed by atoms with Crippen LogP contribution in [0.5, 0.6) is 0 Å². The maximum Gasteiger partial charge on any atom is 0.417 e. The minimum absolute atomic E-state index is 0.00212. The van der Waals surface area contributed by atoms with Crippen molar-refractivity contribution in [1.29, 1.82) is 0 Å². The summed E-state index contributed by atoms with van der Waals surface area (Å²) >= 11 is 6.18. The molecule has 5 aliphatic rings. The average Bonchev–Trinajstić information content (AvgIpc) is 1.72. The summed E-state index contributed by atoms with van der Waals surface area (Å²) in [4.78, 5) is 192. The zero-order valence-electron chi connectivity index (χ0n) is 62.5. The van der Waals surface area contributed by atoms with Gasteiger partial charge in [-0.3, -0.25) is 57.5 Å². The normalized spacial score (nSPS) is 26.3. The molecule has 2 aromatic rings. The minimum atomic E-state index is -4.77. The Balaban J connectivity index is 1.32. The summed E-state index contributed by atoms with van der Waals surface area (Å²) < 4.78 is 41.8. The van der Waals surface area contributed by atoms with Crippen molar-refractivity contribution >= 4 is 82.5 Å². The monoisotopic (exact) mass is 1460 g/mol. The Labute approximate surface area is 609 Å². The molecule has 1 spiro atoms. The van der Waals surface area contributed by atoms with E-state index in [4.69, 9.17) is 11.6 Å². The Kier molecular flexibility index (Phi) is 28.4. The van der Waals surface area contributed by atoms with Gasteiger partial charge in [0.2, 0.25) is 70.9 Å². The summed E-state index contributed by atoms with van der Waals surface area (Å²) in [7, 11) is 11.4. The second-order valence-corrected chi connectivity index (χ2v) is 30.4. The highest BCUT2D eigenvalue weighted by Crippen LogP contribution is 2.39. The number of halogens is 4. The number of nitrogens with zero attached hydrogens (tertiary/aromatic N) is 9. The number of alkyl halides is 3. The van der Waals surface area contributed by atoms with Crippen LogP contribution in [0.3, 0.4) is 0 Å². The molecule has 9 atom stereocenters. The zero-order chi connectivity index (χ0) is 76.3. The average molecular weight is 1460 g/mol. The van der Waals surface area contributed by atoms with E-state index in [1.54, 1.807) is 6.92 Å². The maximum absolute atomic E-state index is 15.6. The number of amides is 12. The summed E-state index contributed by atoms with van der Waals surface area (Å²) in [6, 6.07) is 0.204. The molecule has 0 aromatic heterocycles. The van der Waals surface area contributed by atoms with Gasteiger partial charge in [0.25, 0.3) is 0 Å². The fourth-order valence-corrected chi connectivity index (χ4v) is 15.5. The molecule has 28 heteroatoms. The van der Waals surface area contributed by atoms with E-state index >= 15 is 28.8 Å². The molecule has 7 rings (SSSR count). The molecule has 2 aromatic carbocycles. The van der Waals surface area contributed by atoms with Crippen LogP contribution in [0.2, 0.25) is 5.02 Å².